The molecule has 20 heavy (non-hydrogen) atoms. The molecule has 1 fully saturated rings. The molecule has 0 aromatic heterocycles. The first-order chi connectivity index (χ1) is 9.44. The fourth-order valence-corrected chi connectivity index (χ4v) is 2.97. The van der Waals surface area contributed by atoms with Crippen LogP contribution in [-0.4, -0.2) is 28.5 Å². The molecule has 1 aliphatic heterocycles. The molecule has 1 heterocycles. The number of hydrogen-bond acceptors (Lipinski definition) is 4. The van der Waals surface area contributed by atoms with Gasteiger partial charge < -0.3 is 14.5 Å². The number of hydrogen-bond donors (Lipinski definition) is 2. The Balaban J connectivity index is 1.91. The van der Waals surface area contributed by atoms with Crippen molar-refractivity contribution in [1.82, 2.24) is 0 Å². The highest BCUT2D eigenvalue weighted by Crippen LogP contribution is 2.36. The molecule has 1 atom stereocenters. The van der Waals surface area contributed by atoms with Crippen LogP contribution in [0.1, 0.15) is 45.4 Å². The Morgan fingerprint density at radius 1 is 1.35 bits per heavy atom. The van der Waals surface area contributed by atoms with Crippen molar-refractivity contribution in [3.05, 3.63) is 11.6 Å². The number of rotatable bonds is 5. The summed E-state index contributed by atoms with van der Waals surface area (Å²) in [6.45, 7) is 1.57. The highest BCUT2D eigenvalue weighted by atomic mass is 31.2. The van der Waals surface area contributed by atoms with Crippen molar-refractivity contribution in [3.8, 4) is 0 Å². The molecular formula is C13H22NO5P. The van der Waals surface area contributed by atoms with Crippen LogP contribution < -0.4 is 0 Å². The van der Waals surface area contributed by atoms with Crippen LogP contribution in [0, 0.1) is 5.92 Å². The Bertz CT molecular complexity index is 436. The van der Waals surface area contributed by atoms with Crippen LogP contribution in [0.5, 0.6) is 0 Å². The maximum absolute atomic E-state index is 10.6. The van der Waals surface area contributed by atoms with E-state index in [9.17, 15) is 4.57 Å². The van der Waals surface area contributed by atoms with Gasteiger partial charge in [0.05, 0.1) is 0 Å². The van der Waals surface area contributed by atoms with Gasteiger partial charge in [-0.25, -0.2) is 4.57 Å². The minimum atomic E-state index is -4.48. The van der Waals surface area contributed by atoms with E-state index in [-0.39, 0.29) is 0 Å². The summed E-state index contributed by atoms with van der Waals surface area (Å²) >= 11 is 0. The lowest BCUT2D eigenvalue weighted by molar-refractivity contribution is -0.0266. The maximum atomic E-state index is 10.6. The Morgan fingerprint density at radius 2 is 2.05 bits per heavy atom. The van der Waals surface area contributed by atoms with Crippen LogP contribution in [0.2, 0.25) is 0 Å². The SMILES string of the molecule is CC1=CC(OCOP(=O)(O)O)N=C(C2CCCCC2)C1. The third-order valence-corrected chi connectivity index (χ3v) is 4.16. The zero-order chi connectivity index (χ0) is 14.6. The van der Waals surface area contributed by atoms with E-state index in [2.05, 4.69) is 9.52 Å². The van der Waals surface area contributed by atoms with Gasteiger partial charge in [0.1, 0.15) is 0 Å². The van der Waals surface area contributed by atoms with Crippen LogP contribution in [0.4, 0.5) is 0 Å². The lowest BCUT2D eigenvalue weighted by atomic mass is 9.83. The lowest BCUT2D eigenvalue weighted by Gasteiger charge is -2.27. The molecule has 0 aromatic rings. The quantitative estimate of drug-likeness (QED) is 0.463. The molecule has 0 radical (unpaired) electrons. The second kappa shape index (κ2) is 6.96. The van der Waals surface area contributed by atoms with E-state index in [0.717, 1.165) is 12.1 Å². The second-order valence-corrected chi connectivity index (χ2v) is 6.68. The Kier molecular flexibility index (Phi) is 5.52. The molecule has 6 nitrogen and oxygen atoms in total. The van der Waals surface area contributed by atoms with Crippen molar-refractivity contribution in [2.75, 3.05) is 6.79 Å². The third kappa shape index (κ3) is 5.11. The summed E-state index contributed by atoms with van der Waals surface area (Å²) in [5.41, 5.74) is 2.34. The van der Waals surface area contributed by atoms with E-state index in [1.807, 2.05) is 13.0 Å². The summed E-state index contributed by atoms with van der Waals surface area (Å²) in [7, 11) is -4.48. The summed E-state index contributed by atoms with van der Waals surface area (Å²) in [4.78, 5) is 21.8. The number of phosphoric acid groups is 1. The van der Waals surface area contributed by atoms with Crippen LogP contribution >= 0.6 is 7.82 Å². The van der Waals surface area contributed by atoms with Crippen LogP contribution in [0.15, 0.2) is 16.6 Å². The van der Waals surface area contributed by atoms with Crippen LogP contribution in [-0.2, 0) is 13.8 Å². The number of nitrogens with zero attached hydrogens (tertiary/aromatic N) is 1. The Morgan fingerprint density at radius 3 is 2.70 bits per heavy atom. The minimum absolute atomic E-state index is 0.458. The van der Waals surface area contributed by atoms with Gasteiger partial charge in [-0.05, 0) is 31.8 Å². The van der Waals surface area contributed by atoms with Crippen molar-refractivity contribution < 1.29 is 23.6 Å². The van der Waals surface area contributed by atoms with E-state index in [1.165, 1.54) is 37.7 Å². The fraction of sp³-hybridized carbons (Fsp3) is 0.769. The summed E-state index contributed by atoms with van der Waals surface area (Å²) in [6.07, 6.45) is 8.41. The molecule has 0 aromatic carbocycles. The third-order valence-electron chi connectivity index (χ3n) is 3.72. The number of phosphoric ester groups is 1. The van der Waals surface area contributed by atoms with E-state index >= 15 is 0 Å². The predicted octanol–water partition coefficient (Wildman–Crippen LogP) is 2.77. The molecule has 0 spiro atoms. The normalized spacial score (nSPS) is 25.2. The first kappa shape index (κ1) is 15.9. The Labute approximate surface area is 119 Å². The van der Waals surface area contributed by atoms with E-state index in [4.69, 9.17) is 14.5 Å². The first-order valence-corrected chi connectivity index (χ1v) is 8.52. The fourth-order valence-electron chi connectivity index (χ4n) is 2.77. The van der Waals surface area contributed by atoms with Gasteiger partial charge in [-0.2, -0.15) is 0 Å². The molecule has 0 bridgehead atoms. The van der Waals surface area contributed by atoms with Crippen molar-refractivity contribution in [2.24, 2.45) is 10.9 Å². The van der Waals surface area contributed by atoms with Gasteiger partial charge in [0.15, 0.2) is 13.0 Å². The molecule has 0 amide bonds. The molecule has 114 valence electrons. The van der Waals surface area contributed by atoms with Crippen molar-refractivity contribution >= 4 is 13.5 Å². The van der Waals surface area contributed by atoms with Crippen molar-refractivity contribution in [3.63, 3.8) is 0 Å². The number of dihydropyridines is 1. The van der Waals surface area contributed by atoms with Gasteiger partial charge in [-0.15, -0.1) is 0 Å². The lowest BCUT2D eigenvalue weighted by Crippen LogP contribution is -2.25. The van der Waals surface area contributed by atoms with Gasteiger partial charge in [-0.1, -0.05) is 24.8 Å². The second-order valence-electron chi connectivity index (χ2n) is 5.44. The van der Waals surface area contributed by atoms with Gasteiger partial charge in [-0.3, -0.25) is 9.52 Å². The van der Waals surface area contributed by atoms with E-state index in [0.29, 0.717) is 5.92 Å². The number of allylic oxidation sites excluding steroid dienone is 1. The predicted molar refractivity (Wildman–Crippen MR) is 75.3 cm³/mol. The van der Waals surface area contributed by atoms with Crippen LogP contribution in [0.3, 0.4) is 0 Å². The summed E-state index contributed by atoms with van der Waals surface area (Å²) < 4.78 is 20.2. The highest BCUT2D eigenvalue weighted by molar-refractivity contribution is 7.46. The van der Waals surface area contributed by atoms with Gasteiger partial charge in [0.2, 0.25) is 0 Å². The molecule has 2 rings (SSSR count). The molecule has 0 saturated heterocycles. The van der Waals surface area contributed by atoms with Gasteiger partial charge in [0.25, 0.3) is 0 Å². The summed E-state index contributed by atoms with van der Waals surface area (Å²) in [6, 6.07) is 0. The number of ether oxygens (including phenoxy) is 1. The Hall–Kier alpha value is -0.520. The summed E-state index contributed by atoms with van der Waals surface area (Å²) in [5, 5.41) is 0. The zero-order valence-corrected chi connectivity index (χ0v) is 12.6. The number of aliphatic imine (C=N–C) groups is 1. The smallest absolute Gasteiger partial charge is 0.326 e. The van der Waals surface area contributed by atoms with E-state index < -0.39 is 20.8 Å². The maximum Gasteiger partial charge on any atom is 0.471 e. The summed E-state index contributed by atoms with van der Waals surface area (Å²) in [5.74, 6) is 0.529. The largest absolute Gasteiger partial charge is 0.471 e. The average molecular weight is 303 g/mol. The molecule has 2 N–H and O–H groups in total. The zero-order valence-electron chi connectivity index (χ0n) is 11.7. The standard InChI is InChI=1S/C13H22NO5P/c1-10-7-12(11-5-3-2-4-6-11)14-13(8-10)18-9-19-20(15,16)17/h8,11,13H,2-7,9H2,1H3,(H2,15,16,17). The van der Waals surface area contributed by atoms with E-state index in [1.54, 1.807) is 0 Å². The molecule has 1 unspecified atom stereocenters. The average Bonchev–Trinajstić information content (AvgIpc) is 2.37. The minimum Gasteiger partial charge on any atom is -0.326 e. The van der Waals surface area contributed by atoms with Crippen molar-refractivity contribution in [2.45, 2.75) is 51.7 Å². The molecule has 1 aliphatic carbocycles. The van der Waals surface area contributed by atoms with Gasteiger partial charge >= 0.3 is 7.82 Å². The molecule has 2 aliphatic rings. The van der Waals surface area contributed by atoms with Gasteiger partial charge in [0, 0.05) is 12.1 Å². The molecule has 7 heteroatoms. The van der Waals surface area contributed by atoms with Crippen LogP contribution in [0.25, 0.3) is 0 Å². The topological polar surface area (TPSA) is 88.4 Å². The highest BCUT2D eigenvalue weighted by Gasteiger charge is 2.24. The monoisotopic (exact) mass is 303 g/mol. The molecule has 1 saturated carbocycles. The van der Waals surface area contributed by atoms with Crippen molar-refractivity contribution in [1.29, 1.82) is 0 Å². The molecular weight excluding hydrogens is 281 g/mol. The first-order valence-electron chi connectivity index (χ1n) is 6.99.